The van der Waals surface area contributed by atoms with Gasteiger partial charge in [-0.3, -0.25) is 14.3 Å². The molecule has 3 N–H and O–H groups in total. The van der Waals surface area contributed by atoms with E-state index in [0.717, 1.165) is 0 Å². The Kier molecular flexibility index (Phi) is 3.47. The SMILES string of the molecule is Nc1ccccc1OCCn1ccc(=O)[nH]c1=O. The van der Waals surface area contributed by atoms with E-state index in [0.29, 0.717) is 24.6 Å². The number of nitrogens with zero attached hydrogens (tertiary/aromatic N) is 1. The second-order valence-electron chi connectivity index (χ2n) is 3.69. The van der Waals surface area contributed by atoms with Crippen LogP contribution in [-0.4, -0.2) is 16.2 Å². The lowest BCUT2D eigenvalue weighted by Gasteiger charge is -2.09. The van der Waals surface area contributed by atoms with Crippen molar-refractivity contribution < 1.29 is 4.74 Å². The molecular weight excluding hydrogens is 234 g/mol. The zero-order valence-corrected chi connectivity index (χ0v) is 9.63. The number of nitrogen functional groups attached to an aromatic ring is 1. The summed E-state index contributed by atoms with van der Waals surface area (Å²) in [5, 5.41) is 0. The van der Waals surface area contributed by atoms with E-state index in [-0.39, 0.29) is 0 Å². The van der Waals surface area contributed by atoms with Gasteiger partial charge in [0.25, 0.3) is 5.56 Å². The van der Waals surface area contributed by atoms with Crippen molar-refractivity contribution in [3.05, 3.63) is 57.4 Å². The summed E-state index contributed by atoms with van der Waals surface area (Å²) in [6.07, 6.45) is 1.43. The van der Waals surface area contributed by atoms with Crippen LogP contribution in [0.5, 0.6) is 5.75 Å². The van der Waals surface area contributed by atoms with Gasteiger partial charge in [-0.1, -0.05) is 12.1 Å². The van der Waals surface area contributed by atoms with Gasteiger partial charge >= 0.3 is 5.69 Å². The van der Waals surface area contributed by atoms with E-state index < -0.39 is 11.2 Å². The predicted molar refractivity (Wildman–Crippen MR) is 67.7 cm³/mol. The molecule has 1 heterocycles. The van der Waals surface area contributed by atoms with Gasteiger partial charge in [0, 0.05) is 12.3 Å². The number of H-pyrrole nitrogens is 1. The molecule has 0 aliphatic carbocycles. The van der Waals surface area contributed by atoms with E-state index in [2.05, 4.69) is 4.98 Å². The maximum Gasteiger partial charge on any atom is 0.328 e. The summed E-state index contributed by atoms with van der Waals surface area (Å²) in [6, 6.07) is 8.41. The van der Waals surface area contributed by atoms with E-state index in [1.54, 1.807) is 12.1 Å². The number of nitrogens with two attached hydrogens (primary N) is 1. The fourth-order valence-electron chi connectivity index (χ4n) is 1.49. The number of anilines is 1. The van der Waals surface area contributed by atoms with Crippen molar-refractivity contribution in [1.82, 2.24) is 9.55 Å². The van der Waals surface area contributed by atoms with Crippen molar-refractivity contribution in [1.29, 1.82) is 0 Å². The van der Waals surface area contributed by atoms with Crippen LogP contribution >= 0.6 is 0 Å². The van der Waals surface area contributed by atoms with Crippen LogP contribution in [0.2, 0.25) is 0 Å². The van der Waals surface area contributed by atoms with E-state index >= 15 is 0 Å². The maximum atomic E-state index is 11.4. The van der Waals surface area contributed by atoms with Crippen LogP contribution in [0.25, 0.3) is 0 Å². The van der Waals surface area contributed by atoms with Crippen molar-refractivity contribution in [2.45, 2.75) is 6.54 Å². The maximum absolute atomic E-state index is 11.4. The van der Waals surface area contributed by atoms with Gasteiger partial charge in [-0.05, 0) is 12.1 Å². The number of nitrogens with one attached hydrogen (secondary N) is 1. The molecule has 0 saturated heterocycles. The van der Waals surface area contributed by atoms with Crippen LogP contribution in [0.4, 0.5) is 5.69 Å². The van der Waals surface area contributed by atoms with Crippen LogP contribution in [0.1, 0.15) is 0 Å². The number of rotatable bonds is 4. The molecule has 0 fully saturated rings. The van der Waals surface area contributed by atoms with Crippen molar-refractivity contribution in [3.8, 4) is 5.75 Å². The average molecular weight is 247 g/mol. The molecule has 1 aromatic heterocycles. The molecular formula is C12H13N3O3. The Morgan fingerprint density at radius 2 is 2.00 bits per heavy atom. The monoisotopic (exact) mass is 247 g/mol. The summed E-state index contributed by atoms with van der Waals surface area (Å²) in [4.78, 5) is 24.4. The second kappa shape index (κ2) is 5.22. The standard InChI is InChI=1S/C12H13N3O3/c13-9-3-1-2-4-10(9)18-8-7-15-6-5-11(16)14-12(15)17/h1-6H,7-8,13H2,(H,14,16,17). The lowest BCUT2D eigenvalue weighted by molar-refractivity contribution is 0.296. The molecule has 0 aliphatic rings. The third-order valence-corrected chi connectivity index (χ3v) is 2.41. The Labute approximate surface area is 103 Å². The number of aromatic nitrogens is 2. The summed E-state index contributed by atoms with van der Waals surface area (Å²) in [5.74, 6) is 0.579. The third kappa shape index (κ3) is 2.79. The highest BCUT2D eigenvalue weighted by Crippen LogP contribution is 2.19. The molecule has 0 saturated carbocycles. The first-order chi connectivity index (χ1) is 8.66. The van der Waals surface area contributed by atoms with Crippen LogP contribution in [-0.2, 0) is 6.54 Å². The summed E-state index contributed by atoms with van der Waals surface area (Å²) in [6.45, 7) is 0.629. The molecule has 6 nitrogen and oxygen atoms in total. The van der Waals surface area contributed by atoms with Gasteiger partial charge in [0.2, 0.25) is 0 Å². The Hall–Kier alpha value is -2.50. The summed E-state index contributed by atoms with van der Waals surface area (Å²) in [7, 11) is 0. The molecule has 1 aromatic carbocycles. The van der Waals surface area contributed by atoms with E-state index in [9.17, 15) is 9.59 Å². The normalized spacial score (nSPS) is 10.2. The highest BCUT2D eigenvalue weighted by atomic mass is 16.5. The summed E-state index contributed by atoms with van der Waals surface area (Å²) < 4.78 is 6.81. The molecule has 94 valence electrons. The van der Waals surface area contributed by atoms with Gasteiger partial charge in [-0.15, -0.1) is 0 Å². The molecule has 2 rings (SSSR count). The number of hydrogen-bond donors (Lipinski definition) is 2. The fraction of sp³-hybridized carbons (Fsp3) is 0.167. The number of para-hydroxylation sites is 2. The molecule has 6 heteroatoms. The quantitative estimate of drug-likeness (QED) is 0.755. The van der Waals surface area contributed by atoms with Crippen LogP contribution < -0.4 is 21.7 Å². The van der Waals surface area contributed by atoms with E-state index in [1.807, 2.05) is 12.1 Å². The Balaban J connectivity index is 1.99. The fourth-order valence-corrected chi connectivity index (χ4v) is 1.49. The molecule has 0 aliphatic heterocycles. The molecule has 0 amide bonds. The van der Waals surface area contributed by atoms with Gasteiger partial charge in [0.15, 0.2) is 0 Å². The Morgan fingerprint density at radius 1 is 1.22 bits per heavy atom. The van der Waals surface area contributed by atoms with Crippen molar-refractivity contribution >= 4 is 5.69 Å². The largest absolute Gasteiger partial charge is 0.490 e. The zero-order valence-electron chi connectivity index (χ0n) is 9.63. The van der Waals surface area contributed by atoms with Crippen molar-refractivity contribution in [2.75, 3.05) is 12.3 Å². The molecule has 0 radical (unpaired) electrons. The number of ether oxygens (including phenoxy) is 1. The molecule has 0 spiro atoms. The average Bonchev–Trinajstić information content (AvgIpc) is 2.34. The second-order valence-corrected chi connectivity index (χ2v) is 3.69. The minimum Gasteiger partial charge on any atom is -0.490 e. The van der Waals surface area contributed by atoms with Gasteiger partial charge < -0.3 is 10.5 Å². The molecule has 0 atom stereocenters. The zero-order chi connectivity index (χ0) is 13.0. The molecule has 0 bridgehead atoms. The first kappa shape index (κ1) is 12.0. The molecule has 2 aromatic rings. The molecule has 0 unspecified atom stereocenters. The van der Waals surface area contributed by atoms with Gasteiger partial charge in [0.05, 0.1) is 12.2 Å². The number of aromatic amines is 1. The van der Waals surface area contributed by atoms with Crippen LogP contribution in [0.15, 0.2) is 46.1 Å². The Morgan fingerprint density at radius 3 is 2.72 bits per heavy atom. The van der Waals surface area contributed by atoms with Crippen LogP contribution in [0, 0.1) is 0 Å². The van der Waals surface area contributed by atoms with Crippen molar-refractivity contribution in [3.63, 3.8) is 0 Å². The van der Waals surface area contributed by atoms with E-state index in [4.69, 9.17) is 10.5 Å². The lowest BCUT2D eigenvalue weighted by atomic mass is 10.3. The number of hydrogen-bond acceptors (Lipinski definition) is 4. The third-order valence-electron chi connectivity index (χ3n) is 2.41. The first-order valence-corrected chi connectivity index (χ1v) is 5.44. The summed E-state index contributed by atoms with van der Waals surface area (Å²) in [5.41, 5.74) is 5.39. The topological polar surface area (TPSA) is 90.1 Å². The van der Waals surface area contributed by atoms with Gasteiger partial charge in [0.1, 0.15) is 12.4 Å². The highest BCUT2D eigenvalue weighted by Gasteiger charge is 2.00. The smallest absolute Gasteiger partial charge is 0.328 e. The Bertz CT molecular complexity index is 645. The minimum atomic E-state index is -0.452. The summed E-state index contributed by atoms with van der Waals surface area (Å²) >= 11 is 0. The van der Waals surface area contributed by atoms with E-state index in [1.165, 1.54) is 16.8 Å². The minimum absolute atomic E-state index is 0.292. The molecule has 18 heavy (non-hydrogen) atoms. The predicted octanol–water partition coefficient (Wildman–Crippen LogP) is 0.198. The van der Waals surface area contributed by atoms with Gasteiger partial charge in [-0.25, -0.2) is 4.79 Å². The lowest BCUT2D eigenvalue weighted by Crippen LogP contribution is -2.30. The highest BCUT2D eigenvalue weighted by molar-refractivity contribution is 5.51. The van der Waals surface area contributed by atoms with Crippen molar-refractivity contribution in [2.24, 2.45) is 0 Å². The number of benzene rings is 1. The van der Waals surface area contributed by atoms with Crippen LogP contribution in [0.3, 0.4) is 0 Å². The van der Waals surface area contributed by atoms with Gasteiger partial charge in [-0.2, -0.15) is 0 Å². The first-order valence-electron chi connectivity index (χ1n) is 5.44.